The molecule has 0 saturated carbocycles. The number of aliphatic hydroxyl groups is 1. The monoisotopic (exact) mass is 315 g/mol. The molecule has 1 aromatic carbocycles. The van der Waals surface area contributed by atoms with Gasteiger partial charge in [0, 0.05) is 12.1 Å². The molecule has 0 unspecified atom stereocenters. The van der Waals surface area contributed by atoms with Gasteiger partial charge in [0.15, 0.2) is 0 Å². The molecule has 1 aliphatic rings. The number of nitrogens with zero attached hydrogens (tertiary/aromatic N) is 1. The normalized spacial score (nSPS) is 22.7. The number of hydrogen-bond acceptors (Lipinski definition) is 3. The van der Waals surface area contributed by atoms with Gasteiger partial charge in [0.05, 0.1) is 11.5 Å². The SMILES string of the molecule is CC/C=C\CC[C@H](O)[C@@]1(C)CCN(C(=O)c2ccccc2)C1=O. The number of aliphatic hydroxyl groups excluding tert-OH is 1. The molecule has 0 spiro atoms. The Morgan fingerprint density at radius 2 is 2.04 bits per heavy atom. The number of benzene rings is 1. The van der Waals surface area contributed by atoms with Crippen molar-refractivity contribution in [2.45, 2.75) is 45.6 Å². The summed E-state index contributed by atoms with van der Waals surface area (Å²) < 4.78 is 0. The Bertz CT molecular complexity index is 582. The molecule has 1 N–H and O–H groups in total. The van der Waals surface area contributed by atoms with Crippen molar-refractivity contribution in [1.29, 1.82) is 0 Å². The van der Waals surface area contributed by atoms with Gasteiger partial charge in [-0.2, -0.15) is 0 Å². The largest absolute Gasteiger partial charge is 0.392 e. The zero-order valence-electron chi connectivity index (χ0n) is 13.9. The van der Waals surface area contributed by atoms with E-state index in [0.29, 0.717) is 24.9 Å². The highest BCUT2D eigenvalue weighted by Gasteiger charge is 2.49. The van der Waals surface area contributed by atoms with Crippen molar-refractivity contribution < 1.29 is 14.7 Å². The Morgan fingerprint density at radius 3 is 2.70 bits per heavy atom. The standard InChI is InChI=1S/C19H25NO3/c1-3-4-5-9-12-16(21)19(2)13-14-20(18(19)23)17(22)15-10-7-6-8-11-15/h4-8,10-11,16,21H,3,9,12-14H2,1-2H3/b5-4-/t16-,19+/m0/s1. The fourth-order valence-corrected chi connectivity index (χ4v) is 2.96. The summed E-state index contributed by atoms with van der Waals surface area (Å²) in [4.78, 5) is 26.5. The van der Waals surface area contributed by atoms with Crippen molar-refractivity contribution in [3.05, 3.63) is 48.0 Å². The topological polar surface area (TPSA) is 57.6 Å². The average molecular weight is 315 g/mol. The van der Waals surface area contributed by atoms with E-state index in [1.807, 2.05) is 12.1 Å². The predicted molar refractivity (Wildman–Crippen MR) is 89.9 cm³/mol. The first-order valence-electron chi connectivity index (χ1n) is 8.25. The smallest absolute Gasteiger partial charge is 0.260 e. The van der Waals surface area contributed by atoms with Gasteiger partial charge in [-0.05, 0) is 44.7 Å². The van der Waals surface area contributed by atoms with Crippen LogP contribution in [0, 0.1) is 5.41 Å². The maximum atomic E-state index is 12.7. The third kappa shape index (κ3) is 3.70. The number of amides is 2. The molecular weight excluding hydrogens is 290 g/mol. The number of carbonyl (C=O) groups is 2. The molecule has 4 nitrogen and oxygen atoms in total. The van der Waals surface area contributed by atoms with E-state index in [-0.39, 0.29) is 11.8 Å². The second-order valence-corrected chi connectivity index (χ2v) is 6.27. The summed E-state index contributed by atoms with van der Waals surface area (Å²) in [6.07, 6.45) is 6.09. The van der Waals surface area contributed by atoms with E-state index in [9.17, 15) is 14.7 Å². The molecule has 2 atom stereocenters. The first-order chi connectivity index (χ1) is 11.0. The number of carbonyl (C=O) groups excluding carboxylic acids is 2. The van der Waals surface area contributed by atoms with Crippen LogP contribution in [0.1, 0.15) is 49.9 Å². The van der Waals surface area contributed by atoms with Crippen LogP contribution in [0.3, 0.4) is 0 Å². The van der Waals surface area contributed by atoms with Crippen LogP contribution in [-0.4, -0.2) is 34.5 Å². The van der Waals surface area contributed by atoms with Gasteiger partial charge in [0.1, 0.15) is 0 Å². The van der Waals surface area contributed by atoms with Crippen molar-refractivity contribution >= 4 is 11.8 Å². The van der Waals surface area contributed by atoms with Gasteiger partial charge in [-0.1, -0.05) is 37.3 Å². The van der Waals surface area contributed by atoms with Crippen molar-refractivity contribution in [3.8, 4) is 0 Å². The summed E-state index contributed by atoms with van der Waals surface area (Å²) >= 11 is 0. The van der Waals surface area contributed by atoms with Crippen LogP contribution in [0.4, 0.5) is 0 Å². The number of allylic oxidation sites excluding steroid dienone is 2. The van der Waals surface area contributed by atoms with E-state index in [2.05, 4.69) is 13.0 Å². The van der Waals surface area contributed by atoms with Crippen LogP contribution in [0.2, 0.25) is 0 Å². The summed E-state index contributed by atoms with van der Waals surface area (Å²) in [5, 5.41) is 10.5. The maximum Gasteiger partial charge on any atom is 0.260 e. The molecule has 1 saturated heterocycles. The van der Waals surface area contributed by atoms with Crippen molar-refractivity contribution in [2.75, 3.05) is 6.54 Å². The minimum absolute atomic E-state index is 0.265. The lowest BCUT2D eigenvalue weighted by molar-refractivity contribution is -0.138. The molecule has 1 fully saturated rings. The third-order valence-electron chi connectivity index (χ3n) is 4.60. The fourth-order valence-electron chi connectivity index (χ4n) is 2.96. The van der Waals surface area contributed by atoms with Gasteiger partial charge in [-0.3, -0.25) is 14.5 Å². The highest BCUT2D eigenvalue weighted by molar-refractivity contribution is 6.07. The van der Waals surface area contributed by atoms with Crippen molar-refractivity contribution in [2.24, 2.45) is 5.41 Å². The molecule has 1 aromatic rings. The minimum atomic E-state index is -0.871. The Balaban J connectivity index is 2.05. The Hall–Kier alpha value is -1.94. The molecular formula is C19H25NO3. The lowest BCUT2D eigenvalue weighted by atomic mass is 9.80. The maximum absolute atomic E-state index is 12.7. The molecule has 0 aliphatic carbocycles. The summed E-state index contributed by atoms with van der Waals surface area (Å²) in [5.41, 5.74) is -0.365. The Labute approximate surface area is 137 Å². The summed E-state index contributed by atoms with van der Waals surface area (Å²) in [6.45, 7) is 4.19. The number of likely N-dealkylation sites (tertiary alicyclic amines) is 1. The zero-order chi connectivity index (χ0) is 16.9. The van der Waals surface area contributed by atoms with Gasteiger partial charge in [-0.25, -0.2) is 0 Å². The van der Waals surface area contributed by atoms with Crippen LogP contribution >= 0.6 is 0 Å². The lowest BCUT2D eigenvalue weighted by Crippen LogP contribution is -2.43. The number of rotatable bonds is 6. The highest BCUT2D eigenvalue weighted by atomic mass is 16.3. The molecule has 124 valence electrons. The number of hydrogen-bond donors (Lipinski definition) is 1. The quantitative estimate of drug-likeness (QED) is 0.648. The summed E-state index contributed by atoms with van der Waals surface area (Å²) in [5.74, 6) is -0.546. The van der Waals surface area contributed by atoms with Crippen LogP contribution in [0.25, 0.3) is 0 Å². The molecule has 4 heteroatoms. The van der Waals surface area contributed by atoms with Crippen LogP contribution < -0.4 is 0 Å². The molecule has 23 heavy (non-hydrogen) atoms. The molecule has 2 rings (SSSR count). The fraction of sp³-hybridized carbons (Fsp3) is 0.474. The van der Waals surface area contributed by atoms with E-state index < -0.39 is 11.5 Å². The molecule has 0 aromatic heterocycles. The van der Waals surface area contributed by atoms with Crippen LogP contribution in [0.5, 0.6) is 0 Å². The highest BCUT2D eigenvalue weighted by Crippen LogP contribution is 2.37. The Kier molecular flexibility index (Phi) is 5.72. The van der Waals surface area contributed by atoms with Gasteiger partial charge >= 0.3 is 0 Å². The second-order valence-electron chi connectivity index (χ2n) is 6.27. The third-order valence-corrected chi connectivity index (χ3v) is 4.60. The summed E-state index contributed by atoms with van der Waals surface area (Å²) in [6, 6.07) is 8.80. The van der Waals surface area contributed by atoms with Crippen molar-refractivity contribution in [3.63, 3.8) is 0 Å². The lowest BCUT2D eigenvalue weighted by Gasteiger charge is -2.28. The molecule has 1 aliphatic heterocycles. The first kappa shape index (κ1) is 17.4. The molecule has 0 bridgehead atoms. The van der Waals surface area contributed by atoms with Crippen LogP contribution in [-0.2, 0) is 4.79 Å². The molecule has 1 heterocycles. The molecule has 0 radical (unpaired) electrons. The van der Waals surface area contributed by atoms with Gasteiger partial charge < -0.3 is 5.11 Å². The van der Waals surface area contributed by atoms with Crippen molar-refractivity contribution in [1.82, 2.24) is 4.90 Å². The minimum Gasteiger partial charge on any atom is -0.392 e. The van der Waals surface area contributed by atoms with Gasteiger partial charge in [0.25, 0.3) is 5.91 Å². The first-order valence-corrected chi connectivity index (χ1v) is 8.25. The number of imide groups is 1. The van der Waals surface area contributed by atoms with E-state index in [4.69, 9.17) is 0 Å². The second kappa shape index (κ2) is 7.55. The Morgan fingerprint density at radius 1 is 1.35 bits per heavy atom. The van der Waals surface area contributed by atoms with E-state index in [0.717, 1.165) is 12.8 Å². The average Bonchev–Trinajstić information content (AvgIpc) is 2.88. The van der Waals surface area contributed by atoms with Gasteiger partial charge in [0.2, 0.25) is 5.91 Å². The predicted octanol–water partition coefficient (Wildman–Crippen LogP) is 3.17. The van der Waals surface area contributed by atoms with E-state index in [1.165, 1.54) is 4.90 Å². The zero-order valence-corrected chi connectivity index (χ0v) is 13.9. The molecule has 2 amide bonds. The van der Waals surface area contributed by atoms with E-state index >= 15 is 0 Å². The van der Waals surface area contributed by atoms with Crippen LogP contribution in [0.15, 0.2) is 42.5 Å². The van der Waals surface area contributed by atoms with E-state index in [1.54, 1.807) is 31.2 Å². The van der Waals surface area contributed by atoms with Gasteiger partial charge in [-0.15, -0.1) is 0 Å². The summed E-state index contributed by atoms with van der Waals surface area (Å²) in [7, 11) is 0.